The standard InChI is InChI=1S/C12H16N6/c1-14-10-5-2-6-11(17-10)18-12(16-8-13)9-4-3-7-15-9/h3-4,7-8,15H,2,5-6H2,1H3,(H2,13,14,16,17,18). The highest BCUT2D eigenvalue weighted by atomic mass is 15.0. The quantitative estimate of drug-likeness (QED) is 0.566. The first kappa shape index (κ1) is 12.2. The Bertz CT molecular complexity index is 507. The van der Waals surface area contributed by atoms with Gasteiger partial charge in [0, 0.05) is 26.1 Å². The molecular weight excluding hydrogens is 228 g/mol. The second-order valence-corrected chi connectivity index (χ2v) is 3.82. The Morgan fingerprint density at radius 1 is 1.50 bits per heavy atom. The number of amidine groups is 3. The van der Waals surface area contributed by atoms with Gasteiger partial charge in [0.1, 0.15) is 11.7 Å². The van der Waals surface area contributed by atoms with Gasteiger partial charge < -0.3 is 10.7 Å². The lowest BCUT2D eigenvalue weighted by Gasteiger charge is -2.09. The zero-order chi connectivity index (χ0) is 12.8. The van der Waals surface area contributed by atoms with E-state index in [1.807, 2.05) is 18.3 Å². The van der Waals surface area contributed by atoms with Crippen molar-refractivity contribution in [2.75, 3.05) is 7.05 Å². The van der Waals surface area contributed by atoms with Crippen molar-refractivity contribution < 1.29 is 0 Å². The average Bonchev–Trinajstić information content (AvgIpc) is 2.92. The van der Waals surface area contributed by atoms with Crippen molar-refractivity contribution in [3.05, 3.63) is 24.0 Å². The third-order valence-electron chi connectivity index (χ3n) is 2.59. The van der Waals surface area contributed by atoms with Crippen molar-refractivity contribution in [3.8, 4) is 0 Å². The molecule has 0 unspecified atom stereocenters. The lowest BCUT2D eigenvalue weighted by atomic mass is 10.1. The predicted molar refractivity (Wildman–Crippen MR) is 74.7 cm³/mol. The van der Waals surface area contributed by atoms with Crippen molar-refractivity contribution in [2.45, 2.75) is 19.3 Å². The zero-order valence-corrected chi connectivity index (χ0v) is 10.3. The molecular formula is C12H16N6. The summed E-state index contributed by atoms with van der Waals surface area (Å²) in [5.41, 5.74) is 6.16. The molecule has 2 rings (SSSR count). The molecule has 0 saturated carbocycles. The van der Waals surface area contributed by atoms with Crippen LogP contribution in [-0.4, -0.2) is 35.9 Å². The fraction of sp³-hybridized carbons (Fsp3) is 0.333. The smallest absolute Gasteiger partial charge is 0.179 e. The monoisotopic (exact) mass is 244 g/mol. The van der Waals surface area contributed by atoms with E-state index in [9.17, 15) is 0 Å². The Kier molecular flexibility index (Phi) is 4.01. The van der Waals surface area contributed by atoms with Crippen LogP contribution >= 0.6 is 0 Å². The van der Waals surface area contributed by atoms with E-state index in [0.29, 0.717) is 5.84 Å². The van der Waals surface area contributed by atoms with Crippen LogP contribution in [0.4, 0.5) is 0 Å². The Hall–Kier alpha value is -2.24. The molecule has 94 valence electrons. The van der Waals surface area contributed by atoms with Gasteiger partial charge in [-0.3, -0.25) is 4.99 Å². The van der Waals surface area contributed by atoms with Crippen LogP contribution in [0.2, 0.25) is 0 Å². The van der Waals surface area contributed by atoms with Gasteiger partial charge in [-0.2, -0.15) is 0 Å². The lowest BCUT2D eigenvalue weighted by molar-refractivity contribution is 0.882. The minimum atomic E-state index is 0.540. The highest BCUT2D eigenvalue weighted by Gasteiger charge is 2.11. The van der Waals surface area contributed by atoms with Crippen molar-refractivity contribution in [1.82, 2.24) is 4.98 Å². The van der Waals surface area contributed by atoms with Crippen molar-refractivity contribution in [3.63, 3.8) is 0 Å². The normalized spacial score (nSPS) is 19.5. The number of H-pyrrole nitrogens is 1. The van der Waals surface area contributed by atoms with Crippen molar-refractivity contribution in [1.29, 1.82) is 0 Å². The first-order valence-corrected chi connectivity index (χ1v) is 5.83. The number of nitrogens with two attached hydrogens (primary N) is 1. The molecule has 1 aliphatic heterocycles. The molecule has 0 radical (unpaired) electrons. The molecule has 1 aromatic heterocycles. The van der Waals surface area contributed by atoms with E-state index in [-0.39, 0.29) is 0 Å². The van der Waals surface area contributed by atoms with E-state index in [0.717, 1.165) is 36.6 Å². The SMILES string of the molecule is CN=C1CCCC(N=C(N=CN)c2ccc[nH]2)=N1. The molecule has 18 heavy (non-hydrogen) atoms. The molecule has 0 aromatic carbocycles. The first-order valence-electron chi connectivity index (χ1n) is 5.83. The van der Waals surface area contributed by atoms with Gasteiger partial charge in [0.25, 0.3) is 0 Å². The van der Waals surface area contributed by atoms with Crippen LogP contribution in [0.5, 0.6) is 0 Å². The largest absolute Gasteiger partial charge is 0.390 e. The van der Waals surface area contributed by atoms with Crippen molar-refractivity contribution in [2.24, 2.45) is 25.7 Å². The molecule has 1 aliphatic rings. The molecule has 0 aliphatic carbocycles. The first-order chi connectivity index (χ1) is 8.83. The molecule has 6 nitrogen and oxygen atoms in total. The number of aromatic amines is 1. The number of aromatic nitrogens is 1. The molecule has 2 heterocycles. The summed E-state index contributed by atoms with van der Waals surface area (Å²) in [5, 5.41) is 0. The Balaban J connectivity index is 2.31. The van der Waals surface area contributed by atoms with Crippen LogP contribution in [0.25, 0.3) is 0 Å². The molecule has 1 aromatic rings. The highest BCUT2D eigenvalue weighted by molar-refractivity contribution is 6.10. The number of hydrogen-bond acceptors (Lipinski definition) is 2. The third kappa shape index (κ3) is 2.91. The Morgan fingerprint density at radius 3 is 3.06 bits per heavy atom. The van der Waals surface area contributed by atoms with Gasteiger partial charge in [0.05, 0.1) is 12.0 Å². The minimum Gasteiger partial charge on any atom is -0.390 e. The van der Waals surface area contributed by atoms with E-state index in [4.69, 9.17) is 5.73 Å². The van der Waals surface area contributed by atoms with Crippen molar-refractivity contribution >= 4 is 23.8 Å². The van der Waals surface area contributed by atoms with Gasteiger partial charge in [-0.25, -0.2) is 15.0 Å². The van der Waals surface area contributed by atoms with Crippen LogP contribution in [0.1, 0.15) is 25.0 Å². The van der Waals surface area contributed by atoms with Gasteiger partial charge in [0.2, 0.25) is 0 Å². The van der Waals surface area contributed by atoms with Crippen LogP contribution in [0.15, 0.2) is 38.3 Å². The van der Waals surface area contributed by atoms with E-state index >= 15 is 0 Å². The lowest BCUT2D eigenvalue weighted by Crippen LogP contribution is -2.12. The summed E-state index contributed by atoms with van der Waals surface area (Å²) >= 11 is 0. The summed E-state index contributed by atoms with van der Waals surface area (Å²) in [5.74, 6) is 2.12. The Labute approximate surface area is 105 Å². The fourth-order valence-corrected chi connectivity index (χ4v) is 1.73. The minimum absolute atomic E-state index is 0.540. The van der Waals surface area contributed by atoms with E-state index < -0.39 is 0 Å². The van der Waals surface area contributed by atoms with E-state index in [1.165, 1.54) is 6.34 Å². The summed E-state index contributed by atoms with van der Waals surface area (Å²) < 4.78 is 0. The van der Waals surface area contributed by atoms with E-state index in [2.05, 4.69) is 25.0 Å². The molecule has 3 N–H and O–H groups in total. The van der Waals surface area contributed by atoms with E-state index in [1.54, 1.807) is 7.05 Å². The second kappa shape index (κ2) is 5.90. The average molecular weight is 244 g/mol. The van der Waals surface area contributed by atoms with Gasteiger partial charge in [-0.1, -0.05) is 0 Å². The summed E-state index contributed by atoms with van der Waals surface area (Å²) in [7, 11) is 1.75. The third-order valence-corrected chi connectivity index (χ3v) is 2.59. The molecule has 0 fully saturated rings. The number of aliphatic imine (C=N–C) groups is 4. The summed E-state index contributed by atoms with van der Waals surface area (Å²) in [4.78, 5) is 20.0. The van der Waals surface area contributed by atoms with Crippen LogP contribution in [0, 0.1) is 0 Å². The van der Waals surface area contributed by atoms with Crippen LogP contribution in [0.3, 0.4) is 0 Å². The predicted octanol–water partition coefficient (Wildman–Crippen LogP) is 1.36. The molecule has 6 heteroatoms. The highest BCUT2D eigenvalue weighted by Crippen LogP contribution is 2.11. The van der Waals surface area contributed by atoms with Crippen LogP contribution < -0.4 is 5.73 Å². The molecule has 0 atom stereocenters. The topological polar surface area (TPSA) is 91.2 Å². The maximum atomic E-state index is 5.34. The maximum Gasteiger partial charge on any atom is 0.179 e. The van der Waals surface area contributed by atoms with Gasteiger partial charge in [-0.05, 0) is 18.6 Å². The number of nitrogens with zero attached hydrogens (tertiary/aromatic N) is 4. The molecule has 0 saturated heterocycles. The summed E-state index contributed by atoms with van der Waals surface area (Å²) in [6.07, 6.45) is 5.81. The maximum absolute atomic E-state index is 5.34. The second-order valence-electron chi connectivity index (χ2n) is 3.82. The summed E-state index contributed by atoms with van der Waals surface area (Å²) in [6.45, 7) is 0. The Morgan fingerprint density at radius 2 is 2.39 bits per heavy atom. The van der Waals surface area contributed by atoms with Gasteiger partial charge in [0.15, 0.2) is 5.84 Å². The number of hydrogen-bond donors (Lipinski definition) is 2. The molecule has 0 amide bonds. The fourth-order valence-electron chi connectivity index (χ4n) is 1.73. The summed E-state index contributed by atoms with van der Waals surface area (Å²) in [6, 6.07) is 3.78. The molecule has 0 bridgehead atoms. The number of rotatable bonds is 1. The van der Waals surface area contributed by atoms with Crippen LogP contribution in [-0.2, 0) is 0 Å². The zero-order valence-electron chi connectivity index (χ0n) is 10.3. The molecule has 0 spiro atoms. The van der Waals surface area contributed by atoms with Gasteiger partial charge >= 0.3 is 0 Å². The number of nitrogens with one attached hydrogen (secondary N) is 1. The van der Waals surface area contributed by atoms with Gasteiger partial charge in [-0.15, -0.1) is 0 Å².